The lowest BCUT2D eigenvalue weighted by Gasteiger charge is -2.33. The van der Waals surface area contributed by atoms with Crippen LogP contribution in [0.2, 0.25) is 0 Å². The summed E-state index contributed by atoms with van der Waals surface area (Å²) in [7, 11) is 1.62. The molecule has 0 spiro atoms. The van der Waals surface area contributed by atoms with Crippen LogP contribution in [0.3, 0.4) is 0 Å². The van der Waals surface area contributed by atoms with Crippen LogP contribution in [0.15, 0.2) is 46.2 Å². The molecule has 0 bridgehead atoms. The lowest BCUT2D eigenvalue weighted by Crippen LogP contribution is -2.45. The third-order valence-corrected chi connectivity index (χ3v) is 5.12. The summed E-state index contributed by atoms with van der Waals surface area (Å²) in [6.45, 7) is 1.34. The molecule has 3 aromatic rings. The van der Waals surface area contributed by atoms with Crippen molar-refractivity contribution in [2.24, 2.45) is 7.05 Å². The van der Waals surface area contributed by atoms with E-state index in [-0.39, 0.29) is 6.04 Å². The van der Waals surface area contributed by atoms with Crippen LogP contribution in [-0.4, -0.2) is 38.5 Å². The molecular formula is C19H19N5O3. The smallest absolute Gasteiger partial charge is 0.317 e. The zero-order chi connectivity index (χ0) is 19.0. The van der Waals surface area contributed by atoms with Crippen molar-refractivity contribution in [2.45, 2.75) is 18.9 Å². The summed E-state index contributed by atoms with van der Waals surface area (Å²) >= 11 is 0. The number of carbonyl (C=O) groups is 1. The molecule has 8 heteroatoms. The first-order valence-electron chi connectivity index (χ1n) is 8.82. The predicted octanol–water partition coefficient (Wildman–Crippen LogP) is 1.14. The maximum absolute atomic E-state index is 12.7. The van der Waals surface area contributed by atoms with Gasteiger partial charge in [-0.15, -0.1) is 0 Å². The second-order valence-corrected chi connectivity index (χ2v) is 6.68. The zero-order valence-corrected chi connectivity index (χ0v) is 14.9. The minimum Gasteiger partial charge on any atom is -0.341 e. The molecule has 0 amide bonds. The van der Waals surface area contributed by atoms with Gasteiger partial charge in [-0.25, -0.2) is 9.97 Å². The number of aryl methyl sites for hydroxylation is 1. The minimum atomic E-state index is -0.510. The number of anilines is 1. The number of benzene rings is 1. The van der Waals surface area contributed by atoms with Crippen LogP contribution in [0.5, 0.6) is 0 Å². The summed E-state index contributed by atoms with van der Waals surface area (Å²) in [4.78, 5) is 46.3. The van der Waals surface area contributed by atoms with Crippen LogP contribution < -0.4 is 16.0 Å². The van der Waals surface area contributed by atoms with E-state index in [9.17, 15) is 14.4 Å². The Kier molecular flexibility index (Phi) is 4.31. The van der Waals surface area contributed by atoms with Gasteiger partial charge in [-0.3, -0.25) is 19.0 Å². The number of carbonyl (C=O) groups excluding carboxylic acids is 1. The van der Waals surface area contributed by atoms with Gasteiger partial charge in [0.15, 0.2) is 6.29 Å². The van der Waals surface area contributed by atoms with Crippen molar-refractivity contribution < 1.29 is 4.79 Å². The molecule has 1 aromatic carbocycles. The highest BCUT2D eigenvalue weighted by Gasteiger charge is 2.25. The summed E-state index contributed by atoms with van der Waals surface area (Å²) in [5, 5.41) is 0. The average Bonchev–Trinajstić information content (AvgIpc) is 2.73. The summed E-state index contributed by atoms with van der Waals surface area (Å²) < 4.78 is 3.05. The molecule has 0 radical (unpaired) electrons. The standard InChI is InChI=1S/C19H19N5O3/c1-22-15-4-2-3-5-16(15)24(18(27)17(22)26)14-6-8-23(9-7-14)19-20-10-13(12-25)11-21-19/h2-5,10-12,14H,6-9H2,1H3. The van der Waals surface area contributed by atoms with Gasteiger partial charge in [0.1, 0.15) is 0 Å². The fraction of sp³-hybridized carbons (Fsp3) is 0.316. The molecule has 4 rings (SSSR count). The second kappa shape index (κ2) is 6.79. The van der Waals surface area contributed by atoms with Gasteiger partial charge in [-0.2, -0.15) is 0 Å². The molecule has 0 saturated carbocycles. The van der Waals surface area contributed by atoms with Gasteiger partial charge in [0.2, 0.25) is 5.95 Å². The fourth-order valence-corrected chi connectivity index (χ4v) is 3.66. The monoisotopic (exact) mass is 365 g/mol. The van der Waals surface area contributed by atoms with E-state index in [1.54, 1.807) is 11.6 Å². The highest BCUT2D eigenvalue weighted by atomic mass is 16.2. The van der Waals surface area contributed by atoms with Crippen LogP contribution in [0.4, 0.5) is 5.95 Å². The highest BCUT2D eigenvalue weighted by molar-refractivity contribution is 5.75. The van der Waals surface area contributed by atoms with Gasteiger partial charge in [-0.05, 0) is 25.0 Å². The minimum absolute atomic E-state index is 0.0539. The molecule has 8 nitrogen and oxygen atoms in total. The molecule has 1 fully saturated rings. The zero-order valence-electron chi connectivity index (χ0n) is 14.9. The first-order chi connectivity index (χ1) is 13.1. The van der Waals surface area contributed by atoms with Crippen molar-refractivity contribution in [1.29, 1.82) is 0 Å². The van der Waals surface area contributed by atoms with Crippen molar-refractivity contribution in [3.05, 3.63) is 62.9 Å². The Bertz CT molecular complexity index is 1110. The van der Waals surface area contributed by atoms with E-state index in [4.69, 9.17) is 0 Å². The molecular weight excluding hydrogens is 346 g/mol. The summed E-state index contributed by atoms with van der Waals surface area (Å²) in [5.74, 6) is 0.570. The van der Waals surface area contributed by atoms with Crippen molar-refractivity contribution in [1.82, 2.24) is 19.1 Å². The quantitative estimate of drug-likeness (QED) is 0.511. The first-order valence-corrected chi connectivity index (χ1v) is 8.82. The Morgan fingerprint density at radius 1 is 1.00 bits per heavy atom. The SMILES string of the molecule is Cn1c(=O)c(=O)n(C2CCN(c3ncc(C=O)cn3)CC2)c2ccccc21. The topological polar surface area (TPSA) is 90.1 Å². The van der Waals surface area contributed by atoms with Crippen molar-refractivity contribution in [2.75, 3.05) is 18.0 Å². The lowest BCUT2D eigenvalue weighted by atomic mass is 10.0. The molecule has 2 aromatic heterocycles. The number of nitrogens with zero attached hydrogens (tertiary/aromatic N) is 5. The van der Waals surface area contributed by atoms with Gasteiger partial charge in [-0.1, -0.05) is 12.1 Å². The van der Waals surface area contributed by atoms with E-state index in [0.717, 1.165) is 11.0 Å². The second-order valence-electron chi connectivity index (χ2n) is 6.68. The third kappa shape index (κ3) is 2.92. The van der Waals surface area contributed by atoms with Gasteiger partial charge in [0.05, 0.1) is 16.6 Å². The third-order valence-electron chi connectivity index (χ3n) is 5.12. The Labute approximate surface area is 154 Å². The Morgan fingerprint density at radius 3 is 2.26 bits per heavy atom. The molecule has 0 atom stereocenters. The van der Waals surface area contributed by atoms with E-state index in [2.05, 4.69) is 9.97 Å². The normalized spacial score (nSPS) is 15.2. The average molecular weight is 365 g/mol. The Balaban J connectivity index is 1.64. The van der Waals surface area contributed by atoms with Crippen LogP contribution in [0.25, 0.3) is 11.0 Å². The number of piperidine rings is 1. The largest absolute Gasteiger partial charge is 0.341 e. The van der Waals surface area contributed by atoms with Crippen molar-refractivity contribution in [3.8, 4) is 0 Å². The molecule has 3 heterocycles. The first kappa shape index (κ1) is 17.1. The van der Waals surface area contributed by atoms with Crippen LogP contribution in [-0.2, 0) is 7.05 Å². The number of para-hydroxylation sites is 2. The van der Waals surface area contributed by atoms with Crippen LogP contribution in [0, 0.1) is 0 Å². The Hall–Kier alpha value is -3.29. The van der Waals surface area contributed by atoms with Crippen molar-refractivity contribution >= 4 is 23.3 Å². The summed E-state index contributed by atoms with van der Waals surface area (Å²) in [5.41, 5.74) is 0.962. The highest BCUT2D eigenvalue weighted by Crippen LogP contribution is 2.26. The fourth-order valence-electron chi connectivity index (χ4n) is 3.66. The van der Waals surface area contributed by atoms with Crippen LogP contribution >= 0.6 is 0 Å². The van der Waals surface area contributed by atoms with Gasteiger partial charge in [0.25, 0.3) is 0 Å². The van der Waals surface area contributed by atoms with E-state index >= 15 is 0 Å². The molecule has 138 valence electrons. The maximum atomic E-state index is 12.7. The summed E-state index contributed by atoms with van der Waals surface area (Å²) in [6, 6.07) is 7.41. The van der Waals surface area contributed by atoms with Crippen LogP contribution in [0.1, 0.15) is 29.2 Å². The number of aldehydes is 1. The number of hydrogen-bond donors (Lipinski definition) is 0. The predicted molar refractivity (Wildman–Crippen MR) is 101 cm³/mol. The summed E-state index contributed by atoms with van der Waals surface area (Å²) in [6.07, 6.45) is 5.12. The number of hydrogen-bond acceptors (Lipinski definition) is 6. The molecule has 1 aliphatic heterocycles. The van der Waals surface area contributed by atoms with E-state index in [1.165, 1.54) is 17.0 Å². The molecule has 0 N–H and O–H groups in total. The molecule has 0 aliphatic carbocycles. The number of rotatable bonds is 3. The number of fused-ring (bicyclic) bond motifs is 1. The molecule has 27 heavy (non-hydrogen) atoms. The number of aromatic nitrogens is 4. The van der Waals surface area contributed by atoms with Gasteiger partial charge >= 0.3 is 11.1 Å². The van der Waals surface area contributed by atoms with Gasteiger partial charge < -0.3 is 9.47 Å². The molecule has 0 unspecified atom stereocenters. The molecule has 1 aliphatic rings. The maximum Gasteiger partial charge on any atom is 0.317 e. The van der Waals surface area contributed by atoms with E-state index in [0.29, 0.717) is 43.7 Å². The van der Waals surface area contributed by atoms with E-state index < -0.39 is 11.1 Å². The molecule has 1 saturated heterocycles. The van der Waals surface area contributed by atoms with Gasteiger partial charge in [0, 0.05) is 38.6 Å². The lowest BCUT2D eigenvalue weighted by molar-refractivity contribution is 0.112. The van der Waals surface area contributed by atoms with Crippen molar-refractivity contribution in [3.63, 3.8) is 0 Å². The Morgan fingerprint density at radius 2 is 1.63 bits per heavy atom. The van der Waals surface area contributed by atoms with E-state index in [1.807, 2.05) is 29.2 Å².